The Morgan fingerprint density at radius 2 is 2.04 bits per heavy atom. The molecule has 1 aliphatic carbocycles. The van der Waals surface area contributed by atoms with Gasteiger partial charge in [0.15, 0.2) is 5.69 Å². The number of likely N-dealkylation sites (N-methyl/N-ethyl adjacent to an activating group) is 1. The fourth-order valence-corrected chi connectivity index (χ4v) is 2.93. The van der Waals surface area contributed by atoms with Crippen LogP contribution in [0.3, 0.4) is 0 Å². The van der Waals surface area contributed by atoms with Crippen LogP contribution in [-0.4, -0.2) is 72.7 Å². The van der Waals surface area contributed by atoms with Gasteiger partial charge in [0, 0.05) is 59.2 Å². The van der Waals surface area contributed by atoms with Crippen molar-refractivity contribution in [3.8, 4) is 0 Å². The minimum absolute atomic E-state index is 0.0372. The lowest BCUT2D eigenvalue weighted by atomic mass is 10.1. The average molecular weight is 334 g/mol. The second-order valence-corrected chi connectivity index (χ2v) is 6.32. The van der Waals surface area contributed by atoms with Gasteiger partial charge in [0.2, 0.25) is 5.78 Å². The summed E-state index contributed by atoms with van der Waals surface area (Å²) in [6, 6.07) is 0. The first-order valence-corrected chi connectivity index (χ1v) is 8.09. The third kappa shape index (κ3) is 3.67. The van der Waals surface area contributed by atoms with Gasteiger partial charge in [0.25, 0.3) is 5.91 Å². The number of hydrogen-bond acceptors (Lipinski definition) is 5. The Morgan fingerprint density at radius 3 is 2.67 bits per heavy atom. The first-order valence-electron chi connectivity index (χ1n) is 8.09. The number of nitrogens with zero attached hydrogens (tertiary/aromatic N) is 4. The molecule has 7 heteroatoms. The van der Waals surface area contributed by atoms with E-state index in [1.165, 1.54) is 0 Å². The first kappa shape index (κ1) is 18.2. The normalized spacial score (nSPS) is 16.0. The highest BCUT2D eigenvalue weighted by Crippen LogP contribution is 2.27. The Balaban J connectivity index is 2.39. The molecule has 0 N–H and O–H groups in total. The summed E-state index contributed by atoms with van der Waals surface area (Å²) in [6.07, 6.45) is 4.07. The van der Waals surface area contributed by atoms with Crippen molar-refractivity contribution in [2.75, 3.05) is 41.4 Å². The Morgan fingerprint density at radius 1 is 1.33 bits per heavy atom. The predicted molar refractivity (Wildman–Crippen MR) is 91.1 cm³/mol. The molecule has 1 aliphatic rings. The van der Waals surface area contributed by atoms with Crippen LogP contribution < -0.4 is 0 Å². The monoisotopic (exact) mass is 334 g/mol. The molecule has 1 heterocycles. The Labute approximate surface area is 142 Å². The van der Waals surface area contributed by atoms with E-state index in [9.17, 15) is 9.59 Å². The number of methoxy groups -OCH3 is 1. The third-order valence-electron chi connectivity index (χ3n) is 4.12. The Bertz CT molecular complexity index is 661. The molecule has 7 nitrogen and oxygen atoms in total. The van der Waals surface area contributed by atoms with E-state index in [-0.39, 0.29) is 11.7 Å². The summed E-state index contributed by atoms with van der Waals surface area (Å²) in [5.74, 6) is -0.207. The van der Waals surface area contributed by atoms with E-state index in [0.29, 0.717) is 37.4 Å². The number of hydrogen-bond donors (Lipinski definition) is 0. The summed E-state index contributed by atoms with van der Waals surface area (Å²) < 4.78 is 6.56. The Hall–Kier alpha value is -2.15. The van der Waals surface area contributed by atoms with Crippen LogP contribution in [0.25, 0.3) is 0 Å². The summed E-state index contributed by atoms with van der Waals surface area (Å²) in [5, 5.41) is 4.35. The largest absolute Gasteiger partial charge is 0.383 e. The van der Waals surface area contributed by atoms with Gasteiger partial charge in [-0.1, -0.05) is 0 Å². The molecular weight excluding hydrogens is 308 g/mol. The van der Waals surface area contributed by atoms with E-state index in [1.807, 2.05) is 25.2 Å². The van der Waals surface area contributed by atoms with Crippen LogP contribution in [0.5, 0.6) is 0 Å². The van der Waals surface area contributed by atoms with Crippen molar-refractivity contribution in [3.63, 3.8) is 0 Å². The number of ketones is 1. The van der Waals surface area contributed by atoms with E-state index >= 15 is 0 Å². The third-order valence-corrected chi connectivity index (χ3v) is 4.12. The number of amides is 1. The molecule has 0 aromatic carbocycles. The fraction of sp³-hybridized carbons (Fsp3) is 0.588. The van der Waals surface area contributed by atoms with Gasteiger partial charge in [-0.05, 0) is 19.3 Å². The molecule has 24 heavy (non-hydrogen) atoms. The number of ether oxygens (including phenoxy) is 1. The van der Waals surface area contributed by atoms with Gasteiger partial charge in [-0.15, -0.1) is 0 Å². The maximum Gasteiger partial charge on any atom is 0.274 e. The maximum atomic E-state index is 12.9. The zero-order chi connectivity index (χ0) is 17.9. The van der Waals surface area contributed by atoms with Gasteiger partial charge in [-0.25, -0.2) is 0 Å². The van der Waals surface area contributed by atoms with E-state index in [2.05, 4.69) is 5.10 Å². The number of aromatic nitrogens is 2. The fourth-order valence-electron chi connectivity index (χ4n) is 2.93. The number of carbonyl (C=O) groups is 2. The summed E-state index contributed by atoms with van der Waals surface area (Å²) >= 11 is 0. The molecule has 1 aromatic rings. The van der Waals surface area contributed by atoms with Gasteiger partial charge >= 0.3 is 0 Å². The second-order valence-electron chi connectivity index (χ2n) is 6.32. The van der Waals surface area contributed by atoms with Crippen molar-refractivity contribution in [1.82, 2.24) is 19.6 Å². The molecule has 0 spiro atoms. The number of allylic oxidation sites excluding steroid dienone is 1. The topological polar surface area (TPSA) is 67.7 Å². The van der Waals surface area contributed by atoms with E-state index in [0.717, 1.165) is 17.6 Å². The van der Waals surface area contributed by atoms with Crippen molar-refractivity contribution in [3.05, 3.63) is 28.7 Å². The van der Waals surface area contributed by atoms with Crippen molar-refractivity contribution in [1.29, 1.82) is 0 Å². The second kappa shape index (κ2) is 7.61. The zero-order valence-electron chi connectivity index (χ0n) is 15.1. The molecule has 132 valence electrons. The molecule has 1 amide bonds. The van der Waals surface area contributed by atoms with Crippen LogP contribution in [0, 0.1) is 0 Å². The number of rotatable bonds is 5. The molecule has 2 rings (SSSR count). The van der Waals surface area contributed by atoms with Gasteiger partial charge in [0.1, 0.15) is 5.69 Å². The van der Waals surface area contributed by atoms with E-state index < -0.39 is 0 Å². The molecule has 0 atom stereocenters. The lowest BCUT2D eigenvalue weighted by Gasteiger charge is -2.15. The first-order chi connectivity index (χ1) is 11.4. The van der Waals surface area contributed by atoms with Crippen LogP contribution in [-0.2, 0) is 18.2 Å². The predicted octanol–water partition coefficient (Wildman–Crippen LogP) is 1.10. The standard InChI is InChI=1S/C17H26N4O3/c1-19(2)11-12-7-6-8-13-14(17(23)20(3)9-10-24-5)18-21(4)15(13)16(12)22/h11H,6-10H2,1-5H3/b12-11+. The minimum Gasteiger partial charge on any atom is -0.383 e. The van der Waals surface area contributed by atoms with Crippen molar-refractivity contribution in [2.24, 2.45) is 7.05 Å². The van der Waals surface area contributed by atoms with Gasteiger partial charge in [-0.2, -0.15) is 5.10 Å². The highest BCUT2D eigenvalue weighted by molar-refractivity contribution is 6.10. The molecule has 0 saturated carbocycles. The zero-order valence-corrected chi connectivity index (χ0v) is 15.1. The van der Waals surface area contributed by atoms with Crippen LogP contribution >= 0.6 is 0 Å². The van der Waals surface area contributed by atoms with E-state index in [4.69, 9.17) is 4.74 Å². The molecule has 0 aliphatic heterocycles. The average Bonchev–Trinajstić information content (AvgIpc) is 2.77. The van der Waals surface area contributed by atoms with Gasteiger partial charge < -0.3 is 14.5 Å². The van der Waals surface area contributed by atoms with Crippen LogP contribution in [0.1, 0.15) is 39.4 Å². The van der Waals surface area contributed by atoms with Crippen molar-refractivity contribution >= 4 is 11.7 Å². The van der Waals surface area contributed by atoms with Crippen molar-refractivity contribution < 1.29 is 14.3 Å². The minimum atomic E-state index is -0.170. The SMILES string of the molecule is COCCN(C)C(=O)c1nn(C)c2c1CCC/C(=C\N(C)C)C2=O. The summed E-state index contributed by atoms with van der Waals surface area (Å²) in [5.41, 5.74) is 2.43. The van der Waals surface area contributed by atoms with Crippen LogP contribution in [0.4, 0.5) is 0 Å². The molecular formula is C17H26N4O3. The number of Topliss-reactive ketones (excluding diaryl/α,β-unsaturated/α-hetero) is 1. The van der Waals surface area contributed by atoms with Gasteiger partial charge in [-0.3, -0.25) is 14.3 Å². The van der Waals surface area contributed by atoms with Crippen LogP contribution in [0.2, 0.25) is 0 Å². The summed E-state index contributed by atoms with van der Waals surface area (Å²) in [7, 11) is 8.84. The molecule has 1 aromatic heterocycles. The molecule has 0 bridgehead atoms. The smallest absolute Gasteiger partial charge is 0.274 e. The summed E-state index contributed by atoms with van der Waals surface area (Å²) in [6.45, 7) is 0.951. The lowest BCUT2D eigenvalue weighted by Crippen LogP contribution is -2.31. The molecule has 0 fully saturated rings. The highest BCUT2D eigenvalue weighted by atomic mass is 16.5. The number of carbonyl (C=O) groups excluding carboxylic acids is 2. The lowest BCUT2D eigenvalue weighted by molar-refractivity contribution is 0.0736. The quantitative estimate of drug-likeness (QED) is 0.596. The summed E-state index contributed by atoms with van der Waals surface area (Å²) in [4.78, 5) is 29.0. The Kier molecular flexibility index (Phi) is 5.77. The number of aryl methyl sites for hydroxylation is 1. The molecule has 0 radical (unpaired) electrons. The highest BCUT2D eigenvalue weighted by Gasteiger charge is 2.30. The molecule has 0 unspecified atom stereocenters. The molecule has 0 saturated heterocycles. The van der Waals surface area contributed by atoms with Gasteiger partial charge in [0.05, 0.1) is 6.61 Å². The number of fused-ring (bicyclic) bond motifs is 1. The maximum absolute atomic E-state index is 12.9. The van der Waals surface area contributed by atoms with Crippen molar-refractivity contribution in [2.45, 2.75) is 19.3 Å². The van der Waals surface area contributed by atoms with E-state index in [1.54, 1.807) is 30.8 Å². The van der Waals surface area contributed by atoms with Crippen LogP contribution in [0.15, 0.2) is 11.8 Å².